The van der Waals surface area contributed by atoms with Crippen LogP contribution in [-0.2, 0) is 0 Å². The average Bonchev–Trinajstić information content (AvgIpc) is 2.83. The van der Waals surface area contributed by atoms with Gasteiger partial charge in [0.25, 0.3) is 0 Å². The Morgan fingerprint density at radius 3 is 2.61 bits per heavy atom. The minimum atomic E-state index is 0.845. The first-order valence-electron chi connectivity index (χ1n) is 5.72. The molecule has 0 atom stereocenters. The van der Waals surface area contributed by atoms with Crippen LogP contribution in [0.5, 0.6) is 0 Å². The van der Waals surface area contributed by atoms with E-state index in [1.807, 2.05) is 54.2 Å². The number of hydrogen-bond donors (Lipinski definition) is 0. The van der Waals surface area contributed by atoms with E-state index in [0.717, 1.165) is 22.6 Å². The molecule has 88 valence electrons. The number of hydrogen-bond acceptors (Lipinski definition) is 3. The molecule has 0 fully saturated rings. The predicted octanol–water partition coefficient (Wildman–Crippen LogP) is 2.64. The lowest BCUT2D eigenvalue weighted by Gasteiger charge is -1.99. The summed E-state index contributed by atoms with van der Waals surface area (Å²) in [6.45, 7) is 2.03. The van der Waals surface area contributed by atoms with Gasteiger partial charge in [0.1, 0.15) is 12.0 Å². The van der Waals surface area contributed by atoms with Crippen LogP contribution in [-0.4, -0.2) is 19.7 Å². The monoisotopic (exact) mass is 236 g/mol. The molecule has 4 heteroatoms. The highest BCUT2D eigenvalue weighted by Gasteiger charge is 2.09. The molecule has 0 radical (unpaired) electrons. The minimum Gasteiger partial charge on any atom is -0.245 e. The number of aryl methyl sites for hydroxylation is 1. The summed E-state index contributed by atoms with van der Waals surface area (Å²) in [6, 6.07) is 11.9. The van der Waals surface area contributed by atoms with E-state index >= 15 is 0 Å². The third-order valence-electron chi connectivity index (χ3n) is 2.74. The molecule has 0 aliphatic carbocycles. The fourth-order valence-electron chi connectivity index (χ4n) is 1.86. The maximum Gasteiger partial charge on any atom is 0.116 e. The lowest BCUT2D eigenvalue weighted by atomic mass is 10.2. The molecule has 0 saturated carbocycles. The number of benzene rings is 1. The summed E-state index contributed by atoms with van der Waals surface area (Å²) >= 11 is 0. The van der Waals surface area contributed by atoms with Crippen LogP contribution < -0.4 is 0 Å². The van der Waals surface area contributed by atoms with Gasteiger partial charge in [-0.25, -0.2) is 14.6 Å². The molecular formula is C14H12N4. The SMILES string of the molecule is Cc1cn(-c2ccccc2)nc1-c1ccncn1. The van der Waals surface area contributed by atoms with Crippen LogP contribution in [0.15, 0.2) is 55.1 Å². The third kappa shape index (κ3) is 1.88. The zero-order chi connectivity index (χ0) is 12.4. The van der Waals surface area contributed by atoms with Gasteiger partial charge in [0.15, 0.2) is 0 Å². The molecule has 0 N–H and O–H groups in total. The molecule has 0 spiro atoms. The van der Waals surface area contributed by atoms with Crippen molar-refractivity contribution < 1.29 is 0 Å². The van der Waals surface area contributed by atoms with Crippen LogP contribution in [0.2, 0.25) is 0 Å². The van der Waals surface area contributed by atoms with E-state index < -0.39 is 0 Å². The smallest absolute Gasteiger partial charge is 0.116 e. The molecule has 1 aromatic carbocycles. The van der Waals surface area contributed by atoms with E-state index in [4.69, 9.17) is 0 Å². The van der Waals surface area contributed by atoms with Crippen molar-refractivity contribution in [1.82, 2.24) is 19.7 Å². The fourth-order valence-corrected chi connectivity index (χ4v) is 1.86. The van der Waals surface area contributed by atoms with Gasteiger partial charge in [-0.3, -0.25) is 0 Å². The topological polar surface area (TPSA) is 43.6 Å². The molecule has 0 saturated heterocycles. The molecule has 4 nitrogen and oxygen atoms in total. The Morgan fingerprint density at radius 1 is 1.06 bits per heavy atom. The number of nitrogens with zero attached hydrogens (tertiary/aromatic N) is 4. The van der Waals surface area contributed by atoms with Gasteiger partial charge >= 0.3 is 0 Å². The molecule has 3 aromatic rings. The first-order valence-corrected chi connectivity index (χ1v) is 5.72. The average molecular weight is 236 g/mol. The van der Waals surface area contributed by atoms with E-state index in [2.05, 4.69) is 15.1 Å². The highest BCUT2D eigenvalue weighted by atomic mass is 15.3. The lowest BCUT2D eigenvalue weighted by molar-refractivity contribution is 0.881. The maximum atomic E-state index is 4.58. The van der Waals surface area contributed by atoms with E-state index in [-0.39, 0.29) is 0 Å². The van der Waals surface area contributed by atoms with Crippen molar-refractivity contribution in [1.29, 1.82) is 0 Å². The van der Waals surface area contributed by atoms with Gasteiger partial charge in [0, 0.05) is 12.4 Å². The van der Waals surface area contributed by atoms with Crippen molar-refractivity contribution in [2.45, 2.75) is 6.92 Å². The highest BCUT2D eigenvalue weighted by molar-refractivity contribution is 5.57. The summed E-state index contributed by atoms with van der Waals surface area (Å²) in [4.78, 5) is 8.15. The van der Waals surface area contributed by atoms with Crippen molar-refractivity contribution in [2.24, 2.45) is 0 Å². The van der Waals surface area contributed by atoms with Crippen LogP contribution in [0.4, 0.5) is 0 Å². The number of para-hydroxylation sites is 1. The predicted molar refractivity (Wildman–Crippen MR) is 69.3 cm³/mol. The van der Waals surface area contributed by atoms with E-state index in [9.17, 15) is 0 Å². The summed E-state index contributed by atoms with van der Waals surface area (Å²) in [5.74, 6) is 0. The summed E-state index contributed by atoms with van der Waals surface area (Å²) in [6.07, 6.45) is 5.27. The number of rotatable bonds is 2. The van der Waals surface area contributed by atoms with Gasteiger partial charge in [-0.1, -0.05) is 18.2 Å². The van der Waals surface area contributed by atoms with Crippen LogP contribution in [0.1, 0.15) is 5.56 Å². The molecule has 3 rings (SSSR count). The highest BCUT2D eigenvalue weighted by Crippen LogP contribution is 2.20. The zero-order valence-corrected chi connectivity index (χ0v) is 9.99. The largest absolute Gasteiger partial charge is 0.245 e. The normalized spacial score (nSPS) is 10.5. The molecule has 0 bridgehead atoms. The second-order valence-electron chi connectivity index (χ2n) is 4.04. The van der Waals surface area contributed by atoms with Crippen molar-refractivity contribution in [3.05, 3.63) is 60.7 Å². The van der Waals surface area contributed by atoms with Crippen molar-refractivity contribution in [2.75, 3.05) is 0 Å². The van der Waals surface area contributed by atoms with E-state index in [1.165, 1.54) is 6.33 Å². The maximum absolute atomic E-state index is 4.58. The molecule has 2 aromatic heterocycles. The van der Waals surface area contributed by atoms with Crippen LogP contribution >= 0.6 is 0 Å². The van der Waals surface area contributed by atoms with Crippen molar-refractivity contribution in [3.63, 3.8) is 0 Å². The Kier molecular flexibility index (Phi) is 2.61. The molecule has 0 aliphatic rings. The second kappa shape index (κ2) is 4.41. The molecule has 2 heterocycles. The van der Waals surface area contributed by atoms with E-state index in [0.29, 0.717) is 0 Å². The summed E-state index contributed by atoms with van der Waals surface area (Å²) in [5, 5.41) is 4.58. The molecule has 0 unspecified atom stereocenters. The van der Waals surface area contributed by atoms with Crippen LogP contribution in [0, 0.1) is 6.92 Å². The fraction of sp³-hybridized carbons (Fsp3) is 0.0714. The Morgan fingerprint density at radius 2 is 1.89 bits per heavy atom. The Hall–Kier alpha value is -2.49. The van der Waals surface area contributed by atoms with Gasteiger partial charge in [-0.15, -0.1) is 0 Å². The van der Waals surface area contributed by atoms with Crippen molar-refractivity contribution in [3.8, 4) is 17.1 Å². The van der Waals surface area contributed by atoms with Gasteiger partial charge < -0.3 is 0 Å². The standard InChI is InChI=1S/C14H12N4/c1-11-9-18(12-5-3-2-4-6-12)17-14(11)13-7-8-15-10-16-13/h2-10H,1H3. The summed E-state index contributed by atoms with van der Waals surface area (Å²) in [7, 11) is 0. The molecule has 0 aliphatic heterocycles. The van der Waals surface area contributed by atoms with Crippen LogP contribution in [0.3, 0.4) is 0 Å². The van der Waals surface area contributed by atoms with Gasteiger partial charge in [-0.05, 0) is 30.7 Å². The lowest BCUT2D eigenvalue weighted by Crippen LogP contribution is -1.94. The Balaban J connectivity index is 2.07. The molecule has 0 amide bonds. The van der Waals surface area contributed by atoms with Gasteiger partial charge in [-0.2, -0.15) is 5.10 Å². The van der Waals surface area contributed by atoms with E-state index in [1.54, 1.807) is 6.20 Å². The molecule has 18 heavy (non-hydrogen) atoms. The quantitative estimate of drug-likeness (QED) is 0.687. The Labute approximate surface area is 105 Å². The second-order valence-corrected chi connectivity index (χ2v) is 4.04. The minimum absolute atomic E-state index is 0.845. The van der Waals surface area contributed by atoms with Gasteiger partial charge in [0.05, 0.1) is 11.4 Å². The molecular weight excluding hydrogens is 224 g/mol. The summed E-state index contributed by atoms with van der Waals surface area (Å²) < 4.78 is 1.87. The van der Waals surface area contributed by atoms with Crippen molar-refractivity contribution >= 4 is 0 Å². The zero-order valence-electron chi connectivity index (χ0n) is 9.99. The first-order chi connectivity index (χ1) is 8.84. The van der Waals surface area contributed by atoms with Gasteiger partial charge in [0.2, 0.25) is 0 Å². The summed E-state index contributed by atoms with van der Waals surface area (Å²) in [5.41, 5.74) is 3.87. The Bertz CT molecular complexity index is 644. The number of aromatic nitrogens is 4. The third-order valence-corrected chi connectivity index (χ3v) is 2.74. The first kappa shape index (κ1) is 10.7. The van der Waals surface area contributed by atoms with Crippen LogP contribution in [0.25, 0.3) is 17.1 Å².